The normalized spacial score (nSPS) is 17.8. The first-order chi connectivity index (χ1) is 31.8. The number of halogens is 3. The number of nitrogens with two attached hydrogens (primary N) is 1. The number of carbonyl (C=O) groups excluding carboxylic acids is 3. The van der Waals surface area contributed by atoms with Gasteiger partial charge in [0.25, 0.3) is 11.8 Å². The van der Waals surface area contributed by atoms with Crippen molar-refractivity contribution in [3.63, 3.8) is 0 Å². The lowest BCUT2D eigenvalue weighted by Gasteiger charge is -2.35. The Hall–Kier alpha value is -6.40. The van der Waals surface area contributed by atoms with E-state index in [1.165, 1.54) is 12.1 Å². The molecular formula is C48H48ClF2N7O8. The highest BCUT2D eigenvalue weighted by Crippen LogP contribution is 2.52. The van der Waals surface area contributed by atoms with E-state index in [0.717, 1.165) is 41.9 Å². The van der Waals surface area contributed by atoms with E-state index < -0.39 is 17.8 Å². The lowest BCUT2D eigenvalue weighted by Crippen LogP contribution is -2.52. The van der Waals surface area contributed by atoms with Crippen molar-refractivity contribution in [2.24, 2.45) is 0 Å². The number of piperazine rings is 1. The number of hydrogen-bond donors (Lipinski definition) is 3. The Labute approximate surface area is 384 Å². The third kappa shape index (κ3) is 9.89. The van der Waals surface area contributed by atoms with Gasteiger partial charge in [-0.3, -0.25) is 19.3 Å². The van der Waals surface area contributed by atoms with Crippen molar-refractivity contribution in [2.45, 2.75) is 44.0 Å². The van der Waals surface area contributed by atoms with Crippen molar-refractivity contribution in [3.05, 3.63) is 112 Å². The lowest BCUT2D eigenvalue weighted by molar-refractivity contribution is -0.286. The Morgan fingerprint density at radius 1 is 0.894 bits per heavy atom. The molecule has 344 valence electrons. The molecule has 0 spiro atoms. The molecule has 0 bridgehead atoms. The van der Waals surface area contributed by atoms with Crippen LogP contribution in [0, 0.1) is 6.92 Å². The molecular weight excluding hydrogens is 876 g/mol. The number of amides is 3. The number of alkyl halides is 2. The smallest absolute Gasteiger partial charge is 0.479 e. The van der Waals surface area contributed by atoms with Crippen molar-refractivity contribution in [1.82, 2.24) is 25.1 Å². The van der Waals surface area contributed by atoms with Gasteiger partial charge in [-0.05, 0) is 91.1 Å². The highest BCUT2D eigenvalue weighted by molar-refractivity contribution is 6.31. The highest BCUT2D eigenvalue weighted by Gasteiger charge is 2.53. The summed E-state index contributed by atoms with van der Waals surface area (Å²) >= 11 is 6.44. The molecule has 4 aliphatic rings. The number of anilines is 2. The maximum Gasteiger partial charge on any atom is 0.586 e. The van der Waals surface area contributed by atoms with Crippen molar-refractivity contribution in [1.29, 1.82) is 0 Å². The zero-order valence-corrected chi connectivity index (χ0v) is 36.9. The van der Waals surface area contributed by atoms with Crippen molar-refractivity contribution in [3.8, 4) is 39.6 Å². The fraction of sp³-hybridized carbons (Fsp3) is 0.354. The number of nitrogen functional groups attached to an aromatic ring is 1. The molecule has 18 heteroatoms. The molecule has 1 saturated carbocycles. The van der Waals surface area contributed by atoms with E-state index >= 15 is 0 Å². The van der Waals surface area contributed by atoms with Crippen LogP contribution in [0.5, 0.6) is 17.2 Å². The number of nitrogens with one attached hydrogen (secondary N) is 2. The summed E-state index contributed by atoms with van der Waals surface area (Å²) in [5.74, 6) is 0.547. The van der Waals surface area contributed by atoms with E-state index in [2.05, 4.69) is 30.0 Å². The number of fused-ring (bicyclic) bond motifs is 2. The third-order valence-corrected chi connectivity index (χ3v) is 12.4. The topological polar surface area (TPSA) is 180 Å². The molecule has 5 heterocycles. The first-order valence-electron chi connectivity index (χ1n) is 21.8. The number of benzene rings is 3. The Morgan fingerprint density at radius 3 is 2.47 bits per heavy atom. The number of rotatable bonds is 16. The minimum absolute atomic E-state index is 0.0379. The summed E-state index contributed by atoms with van der Waals surface area (Å²) in [7, 11) is 0. The van der Waals surface area contributed by atoms with E-state index in [-0.39, 0.29) is 29.2 Å². The average Bonchev–Trinajstić information content (AvgIpc) is 3.91. The van der Waals surface area contributed by atoms with E-state index in [4.69, 9.17) is 36.5 Å². The summed E-state index contributed by atoms with van der Waals surface area (Å²) < 4.78 is 54.1. The van der Waals surface area contributed by atoms with Crippen LogP contribution in [-0.4, -0.2) is 116 Å². The zero-order valence-electron chi connectivity index (χ0n) is 36.1. The van der Waals surface area contributed by atoms with Gasteiger partial charge in [-0.15, -0.1) is 8.78 Å². The SMILES string of the molecule is Cc1ccc(NC(=O)C2(c3ccc4c(c3)OC(F)(F)O4)CC2)nc1-c1cccc(C(=O)NCCOCCOCCN2CCN(C(=O)C3Cc4cc(Cl)cc(-c5ccnc(N)c5)c4O3)CC2)c1. The molecule has 1 atom stereocenters. The maximum absolute atomic E-state index is 13.6. The van der Waals surface area contributed by atoms with Crippen LogP contribution in [0.25, 0.3) is 22.4 Å². The molecule has 1 saturated heterocycles. The van der Waals surface area contributed by atoms with Gasteiger partial charge in [0.2, 0.25) is 5.91 Å². The summed E-state index contributed by atoms with van der Waals surface area (Å²) in [6.07, 6.45) is -1.21. The van der Waals surface area contributed by atoms with Gasteiger partial charge in [0.05, 0.1) is 37.5 Å². The summed E-state index contributed by atoms with van der Waals surface area (Å²) in [4.78, 5) is 53.0. The van der Waals surface area contributed by atoms with Gasteiger partial charge in [0, 0.05) is 79.2 Å². The first-order valence-corrected chi connectivity index (χ1v) is 22.2. The van der Waals surface area contributed by atoms with Gasteiger partial charge in [-0.1, -0.05) is 35.9 Å². The summed E-state index contributed by atoms with van der Waals surface area (Å²) in [6.45, 7) is 7.14. The largest absolute Gasteiger partial charge is 0.586 e. The van der Waals surface area contributed by atoms with Gasteiger partial charge in [0.15, 0.2) is 17.6 Å². The molecule has 9 rings (SSSR count). The highest BCUT2D eigenvalue weighted by atomic mass is 35.5. The maximum atomic E-state index is 13.6. The molecule has 3 aliphatic heterocycles. The molecule has 15 nitrogen and oxygen atoms in total. The molecule has 0 radical (unpaired) electrons. The zero-order chi connectivity index (χ0) is 46.0. The number of nitrogens with zero attached hydrogens (tertiary/aromatic N) is 4. The predicted octanol–water partition coefficient (Wildman–Crippen LogP) is 6.26. The summed E-state index contributed by atoms with van der Waals surface area (Å²) in [5, 5.41) is 6.35. The molecule has 1 unspecified atom stereocenters. The van der Waals surface area contributed by atoms with E-state index in [1.54, 1.807) is 42.6 Å². The predicted molar refractivity (Wildman–Crippen MR) is 241 cm³/mol. The van der Waals surface area contributed by atoms with Crippen LogP contribution in [0.3, 0.4) is 0 Å². The number of hydrogen-bond acceptors (Lipinski definition) is 12. The Kier molecular flexibility index (Phi) is 12.8. The van der Waals surface area contributed by atoms with Crippen LogP contribution in [0.4, 0.5) is 20.4 Å². The molecule has 2 fully saturated rings. The van der Waals surface area contributed by atoms with Crippen LogP contribution in [-0.2, 0) is 30.9 Å². The summed E-state index contributed by atoms with van der Waals surface area (Å²) in [6, 6.07) is 22.3. The lowest BCUT2D eigenvalue weighted by atomic mass is 9.94. The van der Waals surface area contributed by atoms with Crippen molar-refractivity contribution < 1.29 is 46.8 Å². The van der Waals surface area contributed by atoms with Crippen LogP contribution in [0.1, 0.15) is 39.9 Å². The standard InChI is InChI=1S/C48H48ClF2N7O8/c1-29-5-8-41(56-46(61)47(10-11-47)34-6-7-37-38(27-34)66-48(50,51)65-37)55-42(29)31-3-2-4-32(23-31)44(59)54-13-19-62-21-22-63-20-18-57-14-16-58(17-15-57)45(60)39-25-33-24-35(49)28-36(43(33)64-39)30-9-12-53-40(52)26-30/h2-9,12,23-24,26-28,39H,10-11,13-22,25H2,1H3,(H2,52,53)(H,54,59)(H,55,56,61). The van der Waals surface area contributed by atoms with Crippen molar-refractivity contribution >= 4 is 41.0 Å². The Bertz CT molecular complexity index is 2660. The van der Waals surface area contributed by atoms with Gasteiger partial charge in [0.1, 0.15) is 17.4 Å². The number of aryl methyl sites for hydroxylation is 1. The monoisotopic (exact) mass is 923 g/mol. The molecule has 1 aliphatic carbocycles. The molecule has 3 amide bonds. The summed E-state index contributed by atoms with van der Waals surface area (Å²) in [5.41, 5.74) is 10.6. The average molecular weight is 924 g/mol. The molecule has 3 aromatic carbocycles. The molecule has 4 N–H and O–H groups in total. The van der Waals surface area contributed by atoms with Gasteiger partial charge >= 0.3 is 6.29 Å². The fourth-order valence-electron chi connectivity index (χ4n) is 8.50. The molecule has 5 aromatic rings. The second-order valence-electron chi connectivity index (χ2n) is 16.7. The molecule has 2 aromatic heterocycles. The van der Waals surface area contributed by atoms with Crippen LogP contribution in [0.15, 0.2) is 85.1 Å². The number of carbonyl (C=O) groups is 3. The second kappa shape index (κ2) is 18.8. The van der Waals surface area contributed by atoms with E-state index in [9.17, 15) is 23.2 Å². The first kappa shape index (κ1) is 44.8. The second-order valence-corrected chi connectivity index (χ2v) is 17.1. The van der Waals surface area contributed by atoms with Gasteiger partial charge in [-0.2, -0.15) is 0 Å². The van der Waals surface area contributed by atoms with Crippen LogP contribution < -0.4 is 30.6 Å². The van der Waals surface area contributed by atoms with Gasteiger partial charge < -0.3 is 45.0 Å². The quantitative estimate of drug-likeness (QED) is 0.0949. The number of ether oxygens (including phenoxy) is 5. The Morgan fingerprint density at radius 2 is 1.68 bits per heavy atom. The van der Waals surface area contributed by atoms with E-state index in [0.29, 0.717) is 110 Å². The van der Waals surface area contributed by atoms with Crippen LogP contribution in [0.2, 0.25) is 5.02 Å². The minimum atomic E-state index is -3.75. The third-order valence-electron chi connectivity index (χ3n) is 12.2. The number of aromatic nitrogens is 2. The van der Waals surface area contributed by atoms with Crippen LogP contribution >= 0.6 is 11.6 Å². The van der Waals surface area contributed by atoms with Gasteiger partial charge in [-0.25, -0.2) is 9.97 Å². The number of pyridine rings is 2. The Balaban J connectivity index is 0.664. The fourth-order valence-corrected chi connectivity index (χ4v) is 8.74. The van der Waals surface area contributed by atoms with E-state index in [1.807, 2.05) is 42.2 Å². The van der Waals surface area contributed by atoms with Crippen molar-refractivity contribution in [2.75, 3.05) is 76.7 Å². The minimum Gasteiger partial charge on any atom is -0.479 e. The molecule has 66 heavy (non-hydrogen) atoms.